The van der Waals surface area contributed by atoms with E-state index >= 15 is 0 Å². The molecule has 0 aliphatic rings. The summed E-state index contributed by atoms with van der Waals surface area (Å²) >= 11 is 3.73. The Balaban J connectivity index is 3.07. The molecular formula is C9H7F2I2NO2. The van der Waals surface area contributed by atoms with Gasteiger partial charge in [-0.05, 0) is 45.2 Å². The smallest absolute Gasteiger partial charge is 0.311 e. The number of carbonyl (C=O) groups is 1. The zero-order chi connectivity index (χ0) is 12.3. The fourth-order valence-electron chi connectivity index (χ4n) is 0.998. The summed E-state index contributed by atoms with van der Waals surface area (Å²) in [5, 5.41) is 0. The van der Waals surface area contributed by atoms with Gasteiger partial charge >= 0.3 is 5.97 Å². The molecule has 0 aromatic carbocycles. The molecule has 0 saturated heterocycles. The number of alkyl halides is 2. The predicted octanol–water partition coefficient (Wildman–Crippen LogP) is 2.94. The number of halogens is 4. The van der Waals surface area contributed by atoms with Gasteiger partial charge in [0.15, 0.2) is 0 Å². The molecule has 0 bridgehead atoms. The topological polar surface area (TPSA) is 39.2 Å². The minimum Gasteiger partial charge on any atom is -0.469 e. The summed E-state index contributed by atoms with van der Waals surface area (Å²) in [6.07, 6.45) is -1.46. The number of hydrogen-bond donors (Lipinski definition) is 0. The van der Waals surface area contributed by atoms with Crippen molar-refractivity contribution in [3.63, 3.8) is 0 Å². The van der Waals surface area contributed by atoms with E-state index in [1.165, 1.54) is 7.11 Å². The molecule has 0 aliphatic carbocycles. The van der Waals surface area contributed by atoms with E-state index in [2.05, 4.69) is 9.72 Å². The minimum atomic E-state index is -2.56. The average molecular weight is 453 g/mol. The standard InChI is InChI=1S/C9H7F2I2NO2/c1-16-6(15)2-5-8(13)7(12)4(3-14-5)9(10)11/h3,9H,2H2,1H3. The normalized spacial score (nSPS) is 10.6. The lowest BCUT2D eigenvalue weighted by molar-refractivity contribution is -0.139. The minimum absolute atomic E-state index is 0.00566. The maximum atomic E-state index is 12.5. The van der Waals surface area contributed by atoms with Crippen LogP contribution < -0.4 is 0 Å². The van der Waals surface area contributed by atoms with E-state index in [1.54, 1.807) is 0 Å². The summed E-state index contributed by atoms with van der Waals surface area (Å²) in [7, 11) is 1.27. The number of rotatable bonds is 3. The highest BCUT2D eigenvalue weighted by Gasteiger charge is 2.18. The van der Waals surface area contributed by atoms with Crippen LogP contribution in [0.15, 0.2) is 6.20 Å². The maximum Gasteiger partial charge on any atom is 0.311 e. The lowest BCUT2D eigenvalue weighted by atomic mass is 10.2. The van der Waals surface area contributed by atoms with Crippen LogP contribution in [0.1, 0.15) is 17.7 Å². The fraction of sp³-hybridized carbons (Fsp3) is 0.333. The third kappa shape index (κ3) is 3.22. The first kappa shape index (κ1) is 14.0. The number of carbonyl (C=O) groups excluding carboxylic acids is 1. The Hall–Kier alpha value is -0.0600. The van der Waals surface area contributed by atoms with Gasteiger partial charge < -0.3 is 4.74 Å². The van der Waals surface area contributed by atoms with E-state index in [0.29, 0.717) is 12.8 Å². The quantitative estimate of drug-likeness (QED) is 0.523. The second-order valence-electron chi connectivity index (χ2n) is 2.84. The third-order valence-corrected chi connectivity index (χ3v) is 5.19. The van der Waals surface area contributed by atoms with Crippen molar-refractivity contribution in [1.29, 1.82) is 0 Å². The first-order chi connectivity index (χ1) is 7.47. The Labute approximate surface area is 118 Å². The molecule has 16 heavy (non-hydrogen) atoms. The maximum absolute atomic E-state index is 12.5. The Kier molecular flexibility index (Phi) is 5.28. The summed E-state index contributed by atoms with van der Waals surface area (Å²) in [6, 6.07) is 0. The van der Waals surface area contributed by atoms with Gasteiger partial charge in [0.1, 0.15) is 0 Å². The van der Waals surface area contributed by atoms with Gasteiger partial charge in [0.05, 0.1) is 24.8 Å². The highest BCUT2D eigenvalue weighted by atomic mass is 127. The van der Waals surface area contributed by atoms with Crippen molar-refractivity contribution in [3.05, 3.63) is 24.6 Å². The van der Waals surface area contributed by atoms with Crippen LogP contribution in [0.25, 0.3) is 0 Å². The van der Waals surface area contributed by atoms with E-state index in [-0.39, 0.29) is 12.0 Å². The SMILES string of the molecule is COC(=O)Cc1ncc(C(F)F)c(I)c1I. The van der Waals surface area contributed by atoms with Crippen molar-refractivity contribution >= 4 is 51.2 Å². The van der Waals surface area contributed by atoms with E-state index in [1.807, 2.05) is 45.2 Å². The van der Waals surface area contributed by atoms with Crippen molar-refractivity contribution < 1.29 is 18.3 Å². The molecule has 0 unspecified atom stereocenters. The zero-order valence-corrected chi connectivity index (χ0v) is 12.5. The number of pyridine rings is 1. The monoisotopic (exact) mass is 453 g/mol. The molecule has 0 atom stereocenters. The van der Waals surface area contributed by atoms with Crippen LogP contribution >= 0.6 is 45.2 Å². The lowest BCUT2D eigenvalue weighted by Crippen LogP contribution is -2.09. The Morgan fingerprint density at radius 2 is 2.12 bits per heavy atom. The largest absolute Gasteiger partial charge is 0.469 e. The van der Waals surface area contributed by atoms with Crippen LogP contribution in [0.5, 0.6) is 0 Å². The molecule has 0 fully saturated rings. The van der Waals surface area contributed by atoms with Crippen LogP contribution in [-0.2, 0) is 16.0 Å². The van der Waals surface area contributed by atoms with Gasteiger partial charge in [-0.25, -0.2) is 8.78 Å². The predicted molar refractivity (Wildman–Crippen MR) is 70.3 cm³/mol. The average Bonchev–Trinajstić information content (AvgIpc) is 2.24. The van der Waals surface area contributed by atoms with Crippen molar-refractivity contribution in [1.82, 2.24) is 4.98 Å². The summed E-state index contributed by atoms with van der Waals surface area (Å²) in [5.74, 6) is -0.439. The molecule has 0 radical (unpaired) electrons. The van der Waals surface area contributed by atoms with Gasteiger partial charge in [0, 0.05) is 13.3 Å². The molecule has 1 rings (SSSR count). The number of esters is 1. The molecular weight excluding hydrogens is 446 g/mol. The van der Waals surface area contributed by atoms with Crippen LogP contribution in [0.3, 0.4) is 0 Å². The molecule has 3 nitrogen and oxygen atoms in total. The second kappa shape index (κ2) is 6.03. The highest BCUT2D eigenvalue weighted by Crippen LogP contribution is 2.28. The number of aromatic nitrogens is 1. The number of hydrogen-bond acceptors (Lipinski definition) is 3. The van der Waals surface area contributed by atoms with E-state index in [9.17, 15) is 13.6 Å². The van der Waals surface area contributed by atoms with Gasteiger partial charge in [-0.3, -0.25) is 9.78 Å². The van der Waals surface area contributed by atoms with Gasteiger partial charge in [0.25, 0.3) is 6.43 Å². The van der Waals surface area contributed by atoms with Crippen LogP contribution in [-0.4, -0.2) is 18.1 Å². The molecule has 1 heterocycles. The van der Waals surface area contributed by atoms with E-state index in [0.717, 1.165) is 6.20 Å². The molecule has 0 aliphatic heterocycles. The summed E-state index contributed by atoms with van der Waals surface area (Å²) in [4.78, 5) is 14.9. The zero-order valence-electron chi connectivity index (χ0n) is 8.14. The fourth-order valence-corrected chi connectivity index (χ4v) is 2.33. The van der Waals surface area contributed by atoms with Gasteiger partial charge in [-0.15, -0.1) is 0 Å². The molecule has 88 valence electrons. The van der Waals surface area contributed by atoms with Gasteiger partial charge in [0.2, 0.25) is 0 Å². The summed E-state index contributed by atoms with van der Waals surface area (Å²) < 4.78 is 30.6. The second-order valence-corrected chi connectivity index (χ2v) is 5.00. The van der Waals surface area contributed by atoms with E-state index in [4.69, 9.17) is 0 Å². The number of ether oxygens (including phenoxy) is 1. The molecule has 0 N–H and O–H groups in total. The molecule has 0 saturated carbocycles. The molecule has 0 amide bonds. The van der Waals surface area contributed by atoms with Crippen molar-refractivity contribution in [3.8, 4) is 0 Å². The lowest BCUT2D eigenvalue weighted by Gasteiger charge is -2.08. The third-order valence-electron chi connectivity index (χ3n) is 1.83. The highest BCUT2D eigenvalue weighted by molar-refractivity contribution is 14.1. The van der Waals surface area contributed by atoms with Crippen molar-refractivity contribution in [2.45, 2.75) is 12.8 Å². The van der Waals surface area contributed by atoms with E-state index < -0.39 is 12.4 Å². The Morgan fingerprint density at radius 3 is 2.62 bits per heavy atom. The number of methoxy groups -OCH3 is 1. The summed E-state index contributed by atoms with van der Waals surface area (Å²) in [5.41, 5.74) is 0.347. The van der Waals surface area contributed by atoms with Crippen LogP contribution in [0.2, 0.25) is 0 Å². The summed E-state index contributed by atoms with van der Waals surface area (Å²) in [6.45, 7) is 0. The molecule has 1 aromatic heterocycles. The number of nitrogens with zero attached hydrogens (tertiary/aromatic N) is 1. The Morgan fingerprint density at radius 1 is 1.50 bits per heavy atom. The van der Waals surface area contributed by atoms with Gasteiger partial charge in [-0.2, -0.15) is 0 Å². The van der Waals surface area contributed by atoms with Crippen molar-refractivity contribution in [2.75, 3.05) is 7.11 Å². The van der Waals surface area contributed by atoms with Gasteiger partial charge in [-0.1, -0.05) is 0 Å². The van der Waals surface area contributed by atoms with Crippen LogP contribution in [0, 0.1) is 7.14 Å². The first-order valence-electron chi connectivity index (χ1n) is 4.15. The molecule has 0 spiro atoms. The first-order valence-corrected chi connectivity index (χ1v) is 6.30. The van der Waals surface area contributed by atoms with Crippen LogP contribution in [0.4, 0.5) is 8.78 Å². The van der Waals surface area contributed by atoms with Crippen molar-refractivity contribution in [2.24, 2.45) is 0 Å². The Bertz CT molecular complexity index is 413. The molecule has 1 aromatic rings. The molecule has 7 heteroatoms.